The summed E-state index contributed by atoms with van der Waals surface area (Å²) in [6.07, 6.45) is 4.13. The van der Waals surface area contributed by atoms with Gasteiger partial charge >= 0.3 is 0 Å². The molecule has 1 heterocycles. The molecule has 0 aliphatic carbocycles. The number of rotatable bonds is 7. The van der Waals surface area contributed by atoms with E-state index in [2.05, 4.69) is 38.0 Å². The molecule has 3 nitrogen and oxygen atoms in total. The highest BCUT2D eigenvalue weighted by molar-refractivity contribution is 4.78. The zero-order chi connectivity index (χ0) is 12.0. The lowest BCUT2D eigenvalue weighted by Gasteiger charge is -2.32. The Balaban J connectivity index is 2.25. The molecule has 3 unspecified atom stereocenters. The van der Waals surface area contributed by atoms with Gasteiger partial charge in [-0.1, -0.05) is 6.92 Å². The van der Waals surface area contributed by atoms with Crippen molar-refractivity contribution in [2.24, 2.45) is 0 Å². The van der Waals surface area contributed by atoms with E-state index in [1.54, 1.807) is 0 Å². The summed E-state index contributed by atoms with van der Waals surface area (Å²) >= 11 is 0. The Morgan fingerprint density at radius 2 is 2.19 bits per heavy atom. The fourth-order valence-electron chi connectivity index (χ4n) is 2.20. The average Bonchev–Trinajstić information content (AvgIpc) is 2.77. The first-order valence-corrected chi connectivity index (χ1v) is 6.70. The quantitative estimate of drug-likeness (QED) is 0.720. The van der Waals surface area contributed by atoms with Crippen LogP contribution in [0.15, 0.2) is 0 Å². The summed E-state index contributed by atoms with van der Waals surface area (Å²) in [5, 5.41) is 3.56. The third-order valence-corrected chi connectivity index (χ3v) is 3.65. The molecule has 1 aliphatic heterocycles. The summed E-state index contributed by atoms with van der Waals surface area (Å²) in [7, 11) is 2.20. The lowest BCUT2D eigenvalue weighted by molar-refractivity contribution is 0.0652. The van der Waals surface area contributed by atoms with Crippen molar-refractivity contribution in [2.75, 3.05) is 26.7 Å². The zero-order valence-corrected chi connectivity index (χ0v) is 11.3. The van der Waals surface area contributed by atoms with Crippen molar-refractivity contribution in [1.29, 1.82) is 0 Å². The molecular weight excluding hydrogens is 200 g/mol. The predicted octanol–water partition coefficient (Wildman–Crippen LogP) is 1.87. The molecule has 0 aromatic carbocycles. The van der Waals surface area contributed by atoms with Crippen molar-refractivity contribution in [3.63, 3.8) is 0 Å². The van der Waals surface area contributed by atoms with Crippen molar-refractivity contribution < 1.29 is 4.74 Å². The highest BCUT2D eigenvalue weighted by atomic mass is 16.5. The SMILES string of the molecule is CCCNC(C)C(C)N(C)CC1CCCO1. The molecule has 3 atom stereocenters. The Labute approximate surface area is 101 Å². The van der Waals surface area contributed by atoms with E-state index in [-0.39, 0.29) is 0 Å². The van der Waals surface area contributed by atoms with E-state index in [0.717, 1.165) is 19.7 Å². The van der Waals surface area contributed by atoms with E-state index in [0.29, 0.717) is 18.2 Å². The number of ether oxygens (including phenoxy) is 1. The Morgan fingerprint density at radius 1 is 1.44 bits per heavy atom. The molecule has 0 aromatic rings. The van der Waals surface area contributed by atoms with Crippen molar-refractivity contribution >= 4 is 0 Å². The molecule has 1 rings (SSSR count). The molecule has 1 aliphatic rings. The van der Waals surface area contributed by atoms with E-state index in [4.69, 9.17) is 4.74 Å². The third kappa shape index (κ3) is 4.40. The summed E-state index contributed by atoms with van der Waals surface area (Å²) < 4.78 is 5.67. The Kier molecular flexibility index (Phi) is 6.32. The number of nitrogens with zero attached hydrogens (tertiary/aromatic N) is 1. The monoisotopic (exact) mass is 228 g/mol. The topological polar surface area (TPSA) is 24.5 Å². The van der Waals surface area contributed by atoms with Crippen LogP contribution < -0.4 is 5.32 Å². The van der Waals surface area contributed by atoms with E-state index < -0.39 is 0 Å². The fraction of sp³-hybridized carbons (Fsp3) is 1.00. The largest absolute Gasteiger partial charge is 0.377 e. The molecule has 0 amide bonds. The average molecular weight is 228 g/mol. The van der Waals surface area contributed by atoms with E-state index in [1.165, 1.54) is 19.3 Å². The van der Waals surface area contributed by atoms with E-state index in [9.17, 15) is 0 Å². The molecule has 0 saturated carbocycles. The fourth-order valence-corrected chi connectivity index (χ4v) is 2.20. The molecule has 16 heavy (non-hydrogen) atoms. The minimum absolute atomic E-state index is 0.464. The van der Waals surface area contributed by atoms with Gasteiger partial charge < -0.3 is 10.1 Å². The van der Waals surface area contributed by atoms with Gasteiger partial charge in [-0.05, 0) is 46.7 Å². The minimum atomic E-state index is 0.464. The number of hydrogen-bond acceptors (Lipinski definition) is 3. The van der Waals surface area contributed by atoms with E-state index in [1.807, 2.05) is 0 Å². The molecule has 0 radical (unpaired) electrons. The van der Waals surface area contributed by atoms with Gasteiger partial charge in [0.15, 0.2) is 0 Å². The van der Waals surface area contributed by atoms with Crippen LogP contribution in [0.4, 0.5) is 0 Å². The highest BCUT2D eigenvalue weighted by Gasteiger charge is 2.22. The van der Waals surface area contributed by atoms with Crippen LogP contribution in [0.3, 0.4) is 0 Å². The van der Waals surface area contributed by atoms with Gasteiger partial charge in [0.25, 0.3) is 0 Å². The second kappa shape index (κ2) is 7.25. The van der Waals surface area contributed by atoms with Crippen molar-refractivity contribution in [3.8, 4) is 0 Å². The van der Waals surface area contributed by atoms with Crippen LogP contribution >= 0.6 is 0 Å². The number of likely N-dealkylation sites (N-methyl/N-ethyl adjacent to an activating group) is 1. The number of hydrogen-bond donors (Lipinski definition) is 1. The van der Waals surface area contributed by atoms with Crippen LogP contribution in [0, 0.1) is 0 Å². The molecule has 1 saturated heterocycles. The lowest BCUT2D eigenvalue weighted by atomic mass is 10.1. The Morgan fingerprint density at radius 3 is 2.75 bits per heavy atom. The molecule has 0 aromatic heterocycles. The van der Waals surface area contributed by atoms with Crippen LogP contribution in [0.1, 0.15) is 40.0 Å². The van der Waals surface area contributed by atoms with Gasteiger partial charge in [-0.2, -0.15) is 0 Å². The van der Waals surface area contributed by atoms with Gasteiger partial charge in [-0.25, -0.2) is 0 Å². The van der Waals surface area contributed by atoms with Gasteiger partial charge in [0.05, 0.1) is 6.10 Å². The Bertz CT molecular complexity index is 181. The van der Waals surface area contributed by atoms with Crippen molar-refractivity contribution in [1.82, 2.24) is 10.2 Å². The maximum atomic E-state index is 5.67. The maximum Gasteiger partial charge on any atom is 0.0702 e. The smallest absolute Gasteiger partial charge is 0.0702 e. The normalized spacial score (nSPS) is 24.9. The zero-order valence-electron chi connectivity index (χ0n) is 11.3. The predicted molar refractivity (Wildman–Crippen MR) is 68.8 cm³/mol. The second-order valence-corrected chi connectivity index (χ2v) is 5.06. The van der Waals surface area contributed by atoms with Crippen LogP contribution in [-0.4, -0.2) is 49.8 Å². The van der Waals surface area contributed by atoms with Gasteiger partial charge in [0.1, 0.15) is 0 Å². The summed E-state index contributed by atoms with van der Waals surface area (Å²) in [5.74, 6) is 0. The van der Waals surface area contributed by atoms with E-state index >= 15 is 0 Å². The first-order chi connectivity index (χ1) is 7.65. The van der Waals surface area contributed by atoms with Gasteiger partial charge in [-0.15, -0.1) is 0 Å². The van der Waals surface area contributed by atoms with Crippen LogP contribution in [-0.2, 0) is 4.74 Å². The summed E-state index contributed by atoms with van der Waals surface area (Å²) in [5.41, 5.74) is 0. The molecule has 1 fully saturated rings. The van der Waals surface area contributed by atoms with Crippen molar-refractivity contribution in [2.45, 2.75) is 58.2 Å². The standard InChI is InChI=1S/C13H28N2O/c1-5-8-14-11(2)12(3)15(4)10-13-7-6-9-16-13/h11-14H,5-10H2,1-4H3. The van der Waals surface area contributed by atoms with Gasteiger partial charge in [0.2, 0.25) is 0 Å². The highest BCUT2D eigenvalue weighted by Crippen LogP contribution is 2.14. The summed E-state index contributed by atoms with van der Waals surface area (Å²) in [6, 6.07) is 1.11. The van der Waals surface area contributed by atoms with Crippen molar-refractivity contribution in [3.05, 3.63) is 0 Å². The van der Waals surface area contributed by atoms with Crippen LogP contribution in [0.2, 0.25) is 0 Å². The van der Waals surface area contributed by atoms with Gasteiger partial charge in [-0.3, -0.25) is 4.90 Å². The number of nitrogens with one attached hydrogen (secondary N) is 1. The molecule has 1 N–H and O–H groups in total. The summed E-state index contributed by atoms with van der Waals surface area (Å²) in [6.45, 7) is 9.91. The first-order valence-electron chi connectivity index (χ1n) is 6.70. The molecule has 96 valence electrons. The third-order valence-electron chi connectivity index (χ3n) is 3.65. The van der Waals surface area contributed by atoms with Crippen LogP contribution in [0.5, 0.6) is 0 Å². The molecular formula is C13H28N2O. The van der Waals surface area contributed by atoms with Crippen LogP contribution in [0.25, 0.3) is 0 Å². The van der Waals surface area contributed by atoms with Gasteiger partial charge in [0, 0.05) is 25.2 Å². The second-order valence-electron chi connectivity index (χ2n) is 5.06. The molecule has 0 spiro atoms. The Hall–Kier alpha value is -0.120. The lowest BCUT2D eigenvalue weighted by Crippen LogP contribution is -2.47. The molecule has 0 bridgehead atoms. The maximum absolute atomic E-state index is 5.67. The first kappa shape index (κ1) is 13.9. The minimum Gasteiger partial charge on any atom is -0.377 e. The molecule has 3 heteroatoms. The summed E-state index contributed by atoms with van der Waals surface area (Å²) in [4.78, 5) is 2.42.